The number of aryl methyl sites for hydroxylation is 1. The van der Waals surface area contributed by atoms with Gasteiger partial charge in [0.1, 0.15) is 0 Å². The summed E-state index contributed by atoms with van der Waals surface area (Å²) in [6.07, 6.45) is 5.17. The number of hydrogen-bond acceptors (Lipinski definition) is 3. The van der Waals surface area contributed by atoms with Crippen molar-refractivity contribution in [3.05, 3.63) is 35.4 Å². The zero-order valence-electron chi connectivity index (χ0n) is 12.7. The molecule has 0 bridgehead atoms. The van der Waals surface area contributed by atoms with Crippen molar-refractivity contribution >= 4 is 17.7 Å². The number of benzene rings is 1. The van der Waals surface area contributed by atoms with Gasteiger partial charge in [-0.1, -0.05) is 11.6 Å². The Morgan fingerprint density at radius 2 is 2.33 bits per heavy atom. The number of anilines is 1. The van der Waals surface area contributed by atoms with Gasteiger partial charge in [-0.2, -0.15) is 0 Å². The van der Waals surface area contributed by atoms with E-state index in [-0.39, 0.29) is 0 Å². The minimum Gasteiger partial charge on any atom is -0.478 e. The Balaban J connectivity index is 2.14. The van der Waals surface area contributed by atoms with E-state index in [0.717, 1.165) is 43.0 Å². The minimum absolute atomic E-state index is 0.543. The number of nitrogens with zero attached hydrogens (tertiary/aromatic N) is 1. The summed E-state index contributed by atoms with van der Waals surface area (Å²) in [5, 5.41) is 8.82. The molecule has 0 spiro atoms. The highest BCUT2D eigenvalue weighted by molar-refractivity contribution is 5.87. The number of carboxylic acid groups (broad SMARTS) is 1. The third-order valence-electron chi connectivity index (χ3n) is 3.79. The highest BCUT2D eigenvalue weighted by atomic mass is 16.5. The third-order valence-corrected chi connectivity index (χ3v) is 3.79. The van der Waals surface area contributed by atoms with Crippen LogP contribution < -0.4 is 4.90 Å². The van der Waals surface area contributed by atoms with Crippen LogP contribution in [0.5, 0.6) is 0 Å². The van der Waals surface area contributed by atoms with Crippen LogP contribution in [0.4, 0.5) is 5.69 Å². The van der Waals surface area contributed by atoms with Crippen LogP contribution in [0.1, 0.15) is 24.0 Å². The predicted molar refractivity (Wildman–Crippen MR) is 84.7 cm³/mol. The summed E-state index contributed by atoms with van der Waals surface area (Å²) in [5.41, 5.74) is 3.12. The SMILES string of the molecule is Cc1ccc(N(C)CC2CCCOC2)c(/C=C/C(=O)O)c1. The van der Waals surface area contributed by atoms with E-state index in [1.165, 1.54) is 12.5 Å². The molecule has 1 aromatic carbocycles. The van der Waals surface area contributed by atoms with E-state index in [1.54, 1.807) is 6.08 Å². The molecule has 0 aliphatic carbocycles. The number of hydrogen-bond donors (Lipinski definition) is 1. The lowest BCUT2D eigenvalue weighted by Gasteiger charge is -2.29. The summed E-state index contributed by atoms with van der Waals surface area (Å²) in [6.45, 7) is 4.63. The van der Waals surface area contributed by atoms with Crippen LogP contribution in [0.3, 0.4) is 0 Å². The molecule has 1 N–H and O–H groups in total. The van der Waals surface area contributed by atoms with Crippen LogP contribution in [0.2, 0.25) is 0 Å². The van der Waals surface area contributed by atoms with Crippen molar-refractivity contribution in [3.8, 4) is 0 Å². The fourth-order valence-corrected chi connectivity index (χ4v) is 2.75. The molecule has 1 aliphatic rings. The minimum atomic E-state index is -0.925. The van der Waals surface area contributed by atoms with E-state index >= 15 is 0 Å². The summed E-state index contributed by atoms with van der Waals surface area (Å²) in [7, 11) is 2.05. The first-order valence-corrected chi connectivity index (χ1v) is 7.37. The second-order valence-corrected chi connectivity index (χ2v) is 5.70. The summed E-state index contributed by atoms with van der Waals surface area (Å²) in [4.78, 5) is 12.9. The van der Waals surface area contributed by atoms with Gasteiger partial charge in [0.2, 0.25) is 0 Å². The van der Waals surface area contributed by atoms with Crippen molar-refractivity contribution in [2.45, 2.75) is 19.8 Å². The van der Waals surface area contributed by atoms with Gasteiger partial charge in [-0.3, -0.25) is 0 Å². The largest absolute Gasteiger partial charge is 0.478 e. The van der Waals surface area contributed by atoms with E-state index in [9.17, 15) is 4.79 Å². The van der Waals surface area contributed by atoms with Gasteiger partial charge in [-0.15, -0.1) is 0 Å². The number of ether oxygens (including phenoxy) is 1. The number of rotatable bonds is 5. The van der Waals surface area contributed by atoms with Crippen LogP contribution in [0, 0.1) is 12.8 Å². The molecular formula is C17H23NO3. The second-order valence-electron chi connectivity index (χ2n) is 5.70. The fourth-order valence-electron chi connectivity index (χ4n) is 2.75. The van der Waals surface area contributed by atoms with Crippen molar-refractivity contribution in [2.24, 2.45) is 5.92 Å². The van der Waals surface area contributed by atoms with Gasteiger partial charge in [-0.05, 0) is 49.5 Å². The van der Waals surface area contributed by atoms with Crippen LogP contribution in [-0.2, 0) is 9.53 Å². The Morgan fingerprint density at radius 3 is 3.00 bits per heavy atom. The highest BCUT2D eigenvalue weighted by Crippen LogP contribution is 2.25. The zero-order chi connectivity index (χ0) is 15.2. The molecule has 2 rings (SSSR count). The van der Waals surface area contributed by atoms with E-state index < -0.39 is 5.97 Å². The van der Waals surface area contributed by atoms with Gasteiger partial charge in [0, 0.05) is 32.0 Å². The summed E-state index contributed by atoms with van der Waals surface area (Å²) in [6, 6.07) is 6.13. The normalized spacial score (nSPS) is 18.9. The van der Waals surface area contributed by atoms with E-state index in [0.29, 0.717) is 5.92 Å². The molecule has 0 radical (unpaired) electrons. The van der Waals surface area contributed by atoms with Crippen molar-refractivity contribution in [1.82, 2.24) is 0 Å². The maximum absolute atomic E-state index is 10.7. The molecule has 1 heterocycles. The van der Waals surface area contributed by atoms with Crippen LogP contribution in [0.25, 0.3) is 6.08 Å². The van der Waals surface area contributed by atoms with Crippen molar-refractivity contribution in [3.63, 3.8) is 0 Å². The lowest BCUT2D eigenvalue weighted by molar-refractivity contribution is -0.131. The van der Waals surface area contributed by atoms with Gasteiger partial charge in [0.15, 0.2) is 0 Å². The average Bonchev–Trinajstić information content (AvgIpc) is 2.46. The summed E-state index contributed by atoms with van der Waals surface area (Å²) < 4.78 is 5.53. The van der Waals surface area contributed by atoms with E-state index in [4.69, 9.17) is 9.84 Å². The van der Waals surface area contributed by atoms with Gasteiger partial charge in [0.25, 0.3) is 0 Å². The zero-order valence-corrected chi connectivity index (χ0v) is 12.7. The van der Waals surface area contributed by atoms with Crippen LogP contribution in [-0.4, -0.2) is 37.9 Å². The number of aliphatic carboxylic acids is 1. The molecular weight excluding hydrogens is 266 g/mol. The molecule has 21 heavy (non-hydrogen) atoms. The Hall–Kier alpha value is -1.81. The average molecular weight is 289 g/mol. The van der Waals surface area contributed by atoms with Crippen molar-refractivity contribution in [1.29, 1.82) is 0 Å². The first-order chi connectivity index (χ1) is 10.1. The predicted octanol–water partition coefficient (Wildman–Crippen LogP) is 2.96. The van der Waals surface area contributed by atoms with Gasteiger partial charge >= 0.3 is 5.97 Å². The van der Waals surface area contributed by atoms with Gasteiger partial charge in [-0.25, -0.2) is 4.79 Å². The molecule has 1 fully saturated rings. The molecule has 114 valence electrons. The number of carboxylic acids is 1. The Labute approximate surface area is 126 Å². The van der Waals surface area contributed by atoms with Gasteiger partial charge < -0.3 is 14.7 Å². The molecule has 0 saturated carbocycles. The Bertz CT molecular complexity index is 519. The van der Waals surface area contributed by atoms with Crippen molar-refractivity contribution in [2.75, 3.05) is 31.7 Å². The third kappa shape index (κ3) is 4.60. The molecule has 4 heteroatoms. The summed E-state index contributed by atoms with van der Waals surface area (Å²) >= 11 is 0. The van der Waals surface area contributed by atoms with Gasteiger partial charge in [0.05, 0.1) is 6.61 Å². The highest BCUT2D eigenvalue weighted by Gasteiger charge is 2.17. The monoisotopic (exact) mass is 289 g/mol. The molecule has 0 amide bonds. The first kappa shape index (κ1) is 15.6. The molecule has 1 atom stereocenters. The molecule has 4 nitrogen and oxygen atoms in total. The quantitative estimate of drug-likeness (QED) is 0.847. The Morgan fingerprint density at radius 1 is 1.52 bits per heavy atom. The standard InChI is InChI=1S/C17H23NO3/c1-13-5-7-16(15(10-13)6-8-17(19)20)18(2)11-14-4-3-9-21-12-14/h5-8,10,14H,3-4,9,11-12H2,1-2H3,(H,19,20)/b8-6+. The number of carbonyl (C=O) groups is 1. The fraction of sp³-hybridized carbons (Fsp3) is 0.471. The first-order valence-electron chi connectivity index (χ1n) is 7.37. The molecule has 1 aliphatic heterocycles. The smallest absolute Gasteiger partial charge is 0.328 e. The van der Waals surface area contributed by atoms with E-state index in [2.05, 4.69) is 24.1 Å². The molecule has 1 aromatic rings. The lowest BCUT2D eigenvalue weighted by atomic mass is 10.0. The summed E-state index contributed by atoms with van der Waals surface area (Å²) in [5.74, 6) is -0.382. The second kappa shape index (κ2) is 7.27. The maximum atomic E-state index is 10.7. The van der Waals surface area contributed by atoms with Crippen LogP contribution >= 0.6 is 0 Å². The molecule has 1 saturated heterocycles. The Kier molecular flexibility index (Phi) is 5.39. The van der Waals surface area contributed by atoms with Crippen molar-refractivity contribution < 1.29 is 14.6 Å². The molecule has 1 unspecified atom stereocenters. The lowest BCUT2D eigenvalue weighted by Crippen LogP contribution is -2.31. The molecule has 0 aromatic heterocycles. The van der Waals surface area contributed by atoms with Crippen LogP contribution in [0.15, 0.2) is 24.3 Å². The maximum Gasteiger partial charge on any atom is 0.328 e. The topological polar surface area (TPSA) is 49.8 Å². The van der Waals surface area contributed by atoms with E-state index in [1.807, 2.05) is 13.0 Å².